The number of hydrogen-bond acceptors (Lipinski definition) is 3. The van der Waals surface area contributed by atoms with E-state index in [2.05, 4.69) is 13.8 Å². The van der Waals surface area contributed by atoms with E-state index in [-0.39, 0.29) is 5.97 Å². The summed E-state index contributed by atoms with van der Waals surface area (Å²) in [5.41, 5.74) is 7.27. The topological polar surface area (TPSA) is 52.3 Å². The maximum atomic E-state index is 11.6. The Kier molecular flexibility index (Phi) is 8.01. The molecule has 0 spiro atoms. The van der Waals surface area contributed by atoms with E-state index in [1.807, 2.05) is 6.92 Å². The second kappa shape index (κ2) is 8.48. The Hall–Kier alpha value is -0.830. The number of hydrogen-bond donors (Lipinski definition) is 1. The van der Waals surface area contributed by atoms with Gasteiger partial charge in [0.05, 0.1) is 0 Å². The average molecular weight is 213 g/mol. The van der Waals surface area contributed by atoms with Crippen molar-refractivity contribution in [1.82, 2.24) is 0 Å². The quantitative estimate of drug-likeness (QED) is 0.522. The number of carbonyl (C=O) groups is 1. The monoisotopic (exact) mass is 213 g/mol. The summed E-state index contributed by atoms with van der Waals surface area (Å²) >= 11 is 0. The van der Waals surface area contributed by atoms with E-state index in [0.717, 1.165) is 31.3 Å². The highest BCUT2D eigenvalue weighted by atomic mass is 16.5. The highest BCUT2D eigenvalue weighted by Crippen LogP contribution is 2.17. The number of ether oxygens (including phenoxy) is 1. The zero-order valence-electron chi connectivity index (χ0n) is 10.1. The molecule has 0 unspecified atom stereocenters. The van der Waals surface area contributed by atoms with Gasteiger partial charge in [0.1, 0.15) is 6.61 Å². The van der Waals surface area contributed by atoms with Crippen molar-refractivity contribution in [2.24, 2.45) is 5.73 Å². The van der Waals surface area contributed by atoms with Gasteiger partial charge in [0.2, 0.25) is 0 Å². The highest BCUT2D eigenvalue weighted by molar-refractivity contribution is 5.88. The van der Waals surface area contributed by atoms with Crippen LogP contribution in [0.3, 0.4) is 0 Å². The number of rotatable bonds is 7. The van der Waals surface area contributed by atoms with Gasteiger partial charge in [-0.3, -0.25) is 0 Å². The minimum absolute atomic E-state index is 0.211. The molecular weight excluding hydrogens is 190 g/mol. The third-order valence-corrected chi connectivity index (χ3v) is 2.29. The van der Waals surface area contributed by atoms with Crippen molar-refractivity contribution in [3.63, 3.8) is 0 Å². The van der Waals surface area contributed by atoms with Gasteiger partial charge >= 0.3 is 5.97 Å². The molecule has 0 atom stereocenters. The van der Waals surface area contributed by atoms with Crippen LogP contribution in [0, 0.1) is 0 Å². The molecule has 0 aliphatic carbocycles. The molecule has 0 heterocycles. The van der Waals surface area contributed by atoms with E-state index in [4.69, 9.17) is 10.5 Å². The smallest absolute Gasteiger partial charge is 0.333 e. The van der Waals surface area contributed by atoms with Crippen LogP contribution >= 0.6 is 0 Å². The third kappa shape index (κ3) is 5.57. The van der Waals surface area contributed by atoms with Crippen LogP contribution in [-0.2, 0) is 9.53 Å². The van der Waals surface area contributed by atoms with Crippen LogP contribution in [0.2, 0.25) is 0 Å². The summed E-state index contributed by atoms with van der Waals surface area (Å²) in [5.74, 6) is -0.211. The van der Waals surface area contributed by atoms with Crippen LogP contribution in [0.5, 0.6) is 0 Å². The second-order valence-corrected chi connectivity index (χ2v) is 3.65. The van der Waals surface area contributed by atoms with Gasteiger partial charge in [-0.1, -0.05) is 32.3 Å². The summed E-state index contributed by atoms with van der Waals surface area (Å²) in [6, 6.07) is 0. The zero-order valence-corrected chi connectivity index (χ0v) is 10.1. The van der Waals surface area contributed by atoms with Crippen molar-refractivity contribution >= 4 is 5.97 Å². The van der Waals surface area contributed by atoms with E-state index < -0.39 is 0 Å². The second-order valence-electron chi connectivity index (χ2n) is 3.65. The molecule has 2 N–H and O–H groups in total. The Morgan fingerprint density at radius 3 is 2.13 bits per heavy atom. The van der Waals surface area contributed by atoms with Crippen LogP contribution in [0.15, 0.2) is 11.1 Å². The summed E-state index contributed by atoms with van der Waals surface area (Å²) < 4.78 is 5.00. The Bertz CT molecular complexity index is 214. The average Bonchev–Trinajstić information content (AvgIpc) is 2.24. The summed E-state index contributed by atoms with van der Waals surface area (Å²) in [5, 5.41) is 0. The van der Waals surface area contributed by atoms with Crippen LogP contribution in [0.25, 0.3) is 0 Å². The first kappa shape index (κ1) is 14.2. The molecule has 0 aromatic rings. The van der Waals surface area contributed by atoms with Gasteiger partial charge in [-0.2, -0.15) is 0 Å². The molecule has 0 radical (unpaired) electrons. The molecule has 0 aromatic heterocycles. The van der Waals surface area contributed by atoms with E-state index in [1.165, 1.54) is 5.57 Å². The molecular formula is C12H23NO2. The Morgan fingerprint density at radius 2 is 1.73 bits per heavy atom. The van der Waals surface area contributed by atoms with Crippen molar-refractivity contribution < 1.29 is 9.53 Å². The van der Waals surface area contributed by atoms with Crippen molar-refractivity contribution in [1.29, 1.82) is 0 Å². The zero-order chi connectivity index (χ0) is 11.7. The predicted molar refractivity (Wildman–Crippen MR) is 62.5 cm³/mol. The Labute approximate surface area is 92.7 Å². The normalized spacial score (nSPS) is 9.87. The van der Waals surface area contributed by atoms with Gasteiger partial charge in [0.25, 0.3) is 0 Å². The number of carbonyl (C=O) groups excluding carboxylic acids is 1. The molecule has 0 fully saturated rings. The Balaban J connectivity index is 4.44. The SMILES string of the molecule is CCCC(CCC)=C(C)C(=O)OCCN. The van der Waals surface area contributed by atoms with E-state index in [9.17, 15) is 4.79 Å². The molecule has 0 amide bonds. The van der Waals surface area contributed by atoms with Crippen LogP contribution < -0.4 is 5.73 Å². The van der Waals surface area contributed by atoms with Crippen LogP contribution in [0.4, 0.5) is 0 Å². The molecule has 0 saturated carbocycles. The summed E-state index contributed by atoms with van der Waals surface area (Å²) in [4.78, 5) is 11.6. The minimum Gasteiger partial charge on any atom is -0.461 e. The summed E-state index contributed by atoms with van der Waals surface area (Å²) in [7, 11) is 0. The lowest BCUT2D eigenvalue weighted by Gasteiger charge is -2.10. The fourth-order valence-corrected chi connectivity index (χ4v) is 1.51. The van der Waals surface area contributed by atoms with Gasteiger partial charge in [0.15, 0.2) is 0 Å². The fraction of sp³-hybridized carbons (Fsp3) is 0.750. The van der Waals surface area contributed by atoms with Gasteiger partial charge in [-0.15, -0.1) is 0 Å². The predicted octanol–water partition coefficient (Wildman–Crippen LogP) is 2.41. The summed E-state index contributed by atoms with van der Waals surface area (Å²) in [6.07, 6.45) is 4.10. The van der Waals surface area contributed by atoms with Crippen LogP contribution in [-0.4, -0.2) is 19.1 Å². The molecule has 0 bridgehead atoms. The number of nitrogens with two attached hydrogens (primary N) is 1. The number of esters is 1. The minimum atomic E-state index is -0.211. The van der Waals surface area contributed by atoms with Crippen molar-refractivity contribution in [2.75, 3.05) is 13.2 Å². The van der Waals surface area contributed by atoms with Gasteiger partial charge in [-0.05, 0) is 19.8 Å². The standard InChI is InChI=1S/C12H23NO2/c1-4-6-11(7-5-2)10(3)12(14)15-9-8-13/h4-9,13H2,1-3H3. The largest absolute Gasteiger partial charge is 0.461 e. The fourth-order valence-electron chi connectivity index (χ4n) is 1.51. The molecule has 15 heavy (non-hydrogen) atoms. The van der Waals surface area contributed by atoms with Crippen molar-refractivity contribution in [2.45, 2.75) is 46.5 Å². The molecule has 3 nitrogen and oxygen atoms in total. The highest BCUT2D eigenvalue weighted by Gasteiger charge is 2.10. The Morgan fingerprint density at radius 1 is 1.20 bits per heavy atom. The maximum absolute atomic E-state index is 11.6. The first-order chi connectivity index (χ1) is 7.17. The van der Waals surface area contributed by atoms with Gasteiger partial charge in [-0.25, -0.2) is 4.79 Å². The first-order valence-electron chi connectivity index (χ1n) is 5.73. The maximum Gasteiger partial charge on any atom is 0.333 e. The van der Waals surface area contributed by atoms with Crippen LogP contribution in [0.1, 0.15) is 46.5 Å². The molecule has 0 saturated heterocycles. The number of allylic oxidation sites excluding steroid dienone is 1. The van der Waals surface area contributed by atoms with Gasteiger partial charge < -0.3 is 10.5 Å². The molecule has 0 rings (SSSR count). The molecule has 0 aliphatic heterocycles. The lowest BCUT2D eigenvalue weighted by atomic mass is 10.0. The molecule has 3 heteroatoms. The first-order valence-corrected chi connectivity index (χ1v) is 5.73. The molecule has 0 aliphatic rings. The van der Waals surface area contributed by atoms with E-state index in [0.29, 0.717) is 13.2 Å². The molecule has 88 valence electrons. The lowest BCUT2D eigenvalue weighted by Crippen LogP contribution is -2.15. The third-order valence-electron chi connectivity index (χ3n) is 2.29. The van der Waals surface area contributed by atoms with E-state index >= 15 is 0 Å². The van der Waals surface area contributed by atoms with Crippen molar-refractivity contribution in [3.05, 3.63) is 11.1 Å². The lowest BCUT2D eigenvalue weighted by molar-refractivity contribution is -0.138. The van der Waals surface area contributed by atoms with Gasteiger partial charge in [0, 0.05) is 12.1 Å². The van der Waals surface area contributed by atoms with Crippen molar-refractivity contribution in [3.8, 4) is 0 Å². The van der Waals surface area contributed by atoms with E-state index in [1.54, 1.807) is 0 Å². The molecule has 0 aromatic carbocycles. The summed E-state index contributed by atoms with van der Waals surface area (Å²) in [6.45, 7) is 6.78.